The zero-order valence-corrected chi connectivity index (χ0v) is 17.3. The van der Waals surface area contributed by atoms with Gasteiger partial charge in [0.05, 0.1) is 0 Å². The molecule has 0 saturated carbocycles. The van der Waals surface area contributed by atoms with Crippen LogP contribution < -0.4 is 4.90 Å². The zero-order chi connectivity index (χ0) is 18.4. The SMILES string of the molecule is CCC(=O)N(c1ccccc1)C1CCN(CCc2cccc(C)c2)CC1.Cl. The van der Waals surface area contributed by atoms with Crippen LogP contribution in [0, 0.1) is 6.92 Å². The van der Waals surface area contributed by atoms with Gasteiger partial charge in [-0.2, -0.15) is 0 Å². The van der Waals surface area contributed by atoms with Crippen molar-refractivity contribution in [3.8, 4) is 0 Å². The fourth-order valence-corrected chi connectivity index (χ4v) is 3.87. The van der Waals surface area contributed by atoms with Crippen molar-refractivity contribution < 1.29 is 4.79 Å². The van der Waals surface area contributed by atoms with E-state index in [1.165, 1.54) is 11.1 Å². The second-order valence-electron chi connectivity index (χ2n) is 7.26. The van der Waals surface area contributed by atoms with E-state index in [0.29, 0.717) is 12.5 Å². The number of para-hydroxylation sites is 1. The molecule has 2 aromatic carbocycles. The average Bonchev–Trinajstić information content (AvgIpc) is 2.68. The van der Waals surface area contributed by atoms with E-state index in [1.54, 1.807) is 0 Å². The molecule has 1 aliphatic rings. The molecule has 0 N–H and O–H groups in total. The van der Waals surface area contributed by atoms with Crippen molar-refractivity contribution >= 4 is 24.0 Å². The molecule has 0 aromatic heterocycles. The van der Waals surface area contributed by atoms with Gasteiger partial charge in [0.2, 0.25) is 5.91 Å². The Hall–Kier alpha value is -1.84. The van der Waals surface area contributed by atoms with Gasteiger partial charge in [0.1, 0.15) is 0 Å². The number of anilines is 1. The highest BCUT2D eigenvalue weighted by atomic mass is 35.5. The van der Waals surface area contributed by atoms with Crippen LogP contribution in [0.4, 0.5) is 5.69 Å². The van der Waals surface area contributed by atoms with Crippen LogP contribution in [0.5, 0.6) is 0 Å². The number of benzene rings is 2. The topological polar surface area (TPSA) is 23.6 Å². The Morgan fingerprint density at radius 1 is 1.07 bits per heavy atom. The Morgan fingerprint density at radius 3 is 2.41 bits per heavy atom. The summed E-state index contributed by atoms with van der Waals surface area (Å²) in [6, 6.07) is 19.3. The van der Waals surface area contributed by atoms with Crippen molar-refractivity contribution in [1.82, 2.24) is 4.90 Å². The number of carbonyl (C=O) groups is 1. The maximum Gasteiger partial charge on any atom is 0.226 e. The first kappa shape index (κ1) is 21.5. The first-order valence-corrected chi connectivity index (χ1v) is 9.82. The molecule has 1 fully saturated rings. The standard InChI is InChI=1S/C23H30N2O.ClH/c1-3-23(26)25(21-10-5-4-6-11-21)22-13-16-24(17-14-22)15-12-20-9-7-8-19(2)18-20;/h4-11,18,22H,3,12-17H2,1-2H3;1H. The molecule has 3 rings (SSSR count). The summed E-state index contributed by atoms with van der Waals surface area (Å²) in [6.07, 6.45) is 3.76. The van der Waals surface area contributed by atoms with E-state index in [2.05, 4.69) is 48.2 Å². The summed E-state index contributed by atoms with van der Waals surface area (Å²) < 4.78 is 0. The van der Waals surface area contributed by atoms with Crippen molar-refractivity contribution in [1.29, 1.82) is 0 Å². The summed E-state index contributed by atoms with van der Waals surface area (Å²) in [4.78, 5) is 17.1. The number of halogens is 1. The first-order chi connectivity index (χ1) is 12.7. The molecule has 3 nitrogen and oxygen atoms in total. The van der Waals surface area contributed by atoms with Crippen LogP contribution in [-0.2, 0) is 11.2 Å². The summed E-state index contributed by atoms with van der Waals surface area (Å²) in [5.41, 5.74) is 3.79. The lowest BCUT2D eigenvalue weighted by molar-refractivity contribution is -0.119. The van der Waals surface area contributed by atoms with Gasteiger partial charge in [0, 0.05) is 37.8 Å². The number of carbonyl (C=O) groups excluding carboxylic acids is 1. The molecule has 2 aromatic rings. The molecular formula is C23H31ClN2O. The molecule has 1 aliphatic heterocycles. The highest BCUT2D eigenvalue weighted by Gasteiger charge is 2.28. The predicted octanol–water partition coefficient (Wildman–Crippen LogP) is 4.87. The normalized spacial score (nSPS) is 15.2. The zero-order valence-electron chi connectivity index (χ0n) is 16.4. The van der Waals surface area contributed by atoms with Crippen molar-refractivity contribution in [2.75, 3.05) is 24.5 Å². The molecule has 146 valence electrons. The summed E-state index contributed by atoms with van der Waals surface area (Å²) in [5, 5.41) is 0. The minimum atomic E-state index is 0. The largest absolute Gasteiger partial charge is 0.309 e. The number of nitrogens with zero attached hydrogens (tertiary/aromatic N) is 2. The average molecular weight is 387 g/mol. The van der Waals surface area contributed by atoms with Crippen LogP contribution in [-0.4, -0.2) is 36.5 Å². The van der Waals surface area contributed by atoms with Gasteiger partial charge in [-0.3, -0.25) is 4.79 Å². The molecule has 0 unspecified atom stereocenters. The van der Waals surface area contributed by atoms with Gasteiger partial charge < -0.3 is 9.80 Å². The molecule has 1 saturated heterocycles. The summed E-state index contributed by atoms with van der Waals surface area (Å²) in [7, 11) is 0. The minimum Gasteiger partial charge on any atom is -0.309 e. The molecule has 0 spiro atoms. The van der Waals surface area contributed by atoms with E-state index in [4.69, 9.17) is 0 Å². The molecule has 0 aliphatic carbocycles. The van der Waals surface area contributed by atoms with E-state index in [-0.39, 0.29) is 18.3 Å². The van der Waals surface area contributed by atoms with Crippen molar-refractivity contribution in [3.63, 3.8) is 0 Å². The summed E-state index contributed by atoms with van der Waals surface area (Å²) in [6.45, 7) is 7.34. The lowest BCUT2D eigenvalue weighted by atomic mass is 10.0. The maximum absolute atomic E-state index is 12.5. The number of piperidine rings is 1. The molecule has 0 bridgehead atoms. The summed E-state index contributed by atoms with van der Waals surface area (Å²) >= 11 is 0. The smallest absolute Gasteiger partial charge is 0.226 e. The number of hydrogen-bond acceptors (Lipinski definition) is 2. The second kappa shape index (κ2) is 10.5. The van der Waals surface area contributed by atoms with Crippen LogP contribution in [0.25, 0.3) is 0 Å². The lowest BCUT2D eigenvalue weighted by Gasteiger charge is -2.38. The molecule has 0 atom stereocenters. The highest BCUT2D eigenvalue weighted by molar-refractivity contribution is 5.93. The molecule has 1 amide bonds. The highest BCUT2D eigenvalue weighted by Crippen LogP contribution is 2.24. The number of aryl methyl sites for hydroxylation is 1. The molecule has 0 radical (unpaired) electrons. The number of likely N-dealkylation sites (tertiary alicyclic amines) is 1. The van der Waals surface area contributed by atoms with E-state index >= 15 is 0 Å². The Bertz CT molecular complexity index is 711. The van der Waals surface area contributed by atoms with Crippen molar-refractivity contribution in [3.05, 3.63) is 65.7 Å². The molecular weight excluding hydrogens is 356 g/mol. The van der Waals surface area contributed by atoms with E-state index in [0.717, 1.165) is 44.6 Å². The number of rotatable bonds is 6. The van der Waals surface area contributed by atoms with Crippen molar-refractivity contribution in [2.24, 2.45) is 0 Å². The molecule has 27 heavy (non-hydrogen) atoms. The Labute approximate surface area is 169 Å². The fraction of sp³-hybridized carbons (Fsp3) is 0.435. The third-order valence-corrected chi connectivity index (χ3v) is 5.33. The van der Waals surface area contributed by atoms with E-state index < -0.39 is 0 Å². The van der Waals surface area contributed by atoms with Gasteiger partial charge in [-0.1, -0.05) is 55.0 Å². The predicted molar refractivity (Wildman–Crippen MR) is 116 cm³/mol. The quantitative estimate of drug-likeness (QED) is 0.707. The Kier molecular flexibility index (Phi) is 8.33. The Balaban J connectivity index is 0.00000261. The maximum atomic E-state index is 12.5. The lowest BCUT2D eigenvalue weighted by Crippen LogP contribution is -2.47. The van der Waals surface area contributed by atoms with Crippen LogP contribution in [0.1, 0.15) is 37.3 Å². The van der Waals surface area contributed by atoms with Gasteiger partial charge >= 0.3 is 0 Å². The fourth-order valence-electron chi connectivity index (χ4n) is 3.87. The molecule has 4 heteroatoms. The third-order valence-electron chi connectivity index (χ3n) is 5.33. The third kappa shape index (κ3) is 5.82. The van der Waals surface area contributed by atoms with Crippen molar-refractivity contribution in [2.45, 2.75) is 45.6 Å². The monoisotopic (exact) mass is 386 g/mol. The van der Waals surface area contributed by atoms with E-state index in [9.17, 15) is 4.79 Å². The van der Waals surface area contributed by atoms with Crippen LogP contribution >= 0.6 is 12.4 Å². The van der Waals surface area contributed by atoms with Gasteiger partial charge in [-0.15, -0.1) is 12.4 Å². The first-order valence-electron chi connectivity index (χ1n) is 9.82. The minimum absolute atomic E-state index is 0. The second-order valence-corrected chi connectivity index (χ2v) is 7.26. The Morgan fingerprint density at radius 2 is 1.78 bits per heavy atom. The molecule has 1 heterocycles. The van der Waals surface area contributed by atoms with Gasteiger partial charge in [0.25, 0.3) is 0 Å². The van der Waals surface area contributed by atoms with Gasteiger partial charge in [-0.05, 0) is 43.9 Å². The van der Waals surface area contributed by atoms with Crippen LogP contribution in [0.3, 0.4) is 0 Å². The van der Waals surface area contributed by atoms with Crippen LogP contribution in [0.15, 0.2) is 54.6 Å². The van der Waals surface area contributed by atoms with Gasteiger partial charge in [0.15, 0.2) is 0 Å². The number of amides is 1. The summed E-state index contributed by atoms with van der Waals surface area (Å²) in [5.74, 6) is 0.231. The number of hydrogen-bond donors (Lipinski definition) is 0. The van der Waals surface area contributed by atoms with Crippen LogP contribution in [0.2, 0.25) is 0 Å². The van der Waals surface area contributed by atoms with E-state index in [1.807, 2.05) is 30.0 Å². The van der Waals surface area contributed by atoms with Gasteiger partial charge in [-0.25, -0.2) is 0 Å².